The summed E-state index contributed by atoms with van der Waals surface area (Å²) in [5.74, 6) is -2.03. The lowest BCUT2D eigenvalue weighted by molar-refractivity contribution is -0.217. The molecule has 0 saturated carbocycles. The molecule has 296 valence electrons. The molecule has 3 aromatic carbocycles. The third-order valence-electron chi connectivity index (χ3n) is 6.97. The SMILES string of the molecule is CCCC(COC(=O)OOC(=O)c1cccc(OCC)c1)(COC(=O)OOC(=O)c1cccc(OCC)c1)COC(=O)OOC(=O)c1cccc(OCC)c1. The summed E-state index contributed by atoms with van der Waals surface area (Å²) in [6.07, 6.45) is -4.11. The van der Waals surface area contributed by atoms with Gasteiger partial charge < -0.3 is 28.4 Å². The van der Waals surface area contributed by atoms with Gasteiger partial charge in [-0.1, -0.05) is 31.5 Å². The van der Waals surface area contributed by atoms with Gasteiger partial charge in [-0.05, 0) is 81.8 Å². The molecule has 0 heterocycles. The second kappa shape index (κ2) is 22.4. The van der Waals surface area contributed by atoms with E-state index in [0.717, 1.165) is 0 Å². The maximum Gasteiger partial charge on any atom is 0.549 e. The van der Waals surface area contributed by atoms with Crippen molar-refractivity contribution in [1.82, 2.24) is 0 Å². The van der Waals surface area contributed by atoms with Crippen LogP contribution in [0.15, 0.2) is 72.8 Å². The highest BCUT2D eigenvalue weighted by molar-refractivity contribution is 5.91. The lowest BCUT2D eigenvalue weighted by Gasteiger charge is -2.30. The summed E-state index contributed by atoms with van der Waals surface area (Å²) >= 11 is 0. The first-order valence-corrected chi connectivity index (χ1v) is 16.9. The van der Waals surface area contributed by atoms with Crippen molar-refractivity contribution in [3.63, 3.8) is 0 Å². The van der Waals surface area contributed by atoms with Gasteiger partial charge in [-0.2, -0.15) is 14.4 Å². The maximum absolute atomic E-state index is 12.5. The van der Waals surface area contributed by atoms with Gasteiger partial charge in [-0.3, -0.25) is 0 Å². The number of rotatable bonds is 17. The van der Waals surface area contributed by atoms with E-state index in [-0.39, 0.29) is 23.1 Å². The zero-order valence-electron chi connectivity index (χ0n) is 30.4. The van der Waals surface area contributed by atoms with Crippen LogP contribution >= 0.6 is 0 Å². The molecule has 3 aromatic rings. The highest BCUT2D eigenvalue weighted by Crippen LogP contribution is 2.27. The third kappa shape index (κ3) is 14.7. The molecule has 3 rings (SSSR count). The van der Waals surface area contributed by atoms with E-state index in [1.54, 1.807) is 45.9 Å². The quantitative estimate of drug-likeness (QED) is 0.0601. The summed E-state index contributed by atoms with van der Waals surface area (Å²) in [7, 11) is 0. The summed E-state index contributed by atoms with van der Waals surface area (Å²) in [4.78, 5) is 102. The number of benzene rings is 3. The van der Waals surface area contributed by atoms with Crippen LogP contribution < -0.4 is 14.2 Å². The fourth-order valence-electron chi connectivity index (χ4n) is 4.58. The van der Waals surface area contributed by atoms with Crippen molar-refractivity contribution >= 4 is 36.4 Å². The first kappa shape index (κ1) is 42.7. The highest BCUT2D eigenvalue weighted by Gasteiger charge is 2.37. The second-order valence-corrected chi connectivity index (χ2v) is 11.1. The van der Waals surface area contributed by atoms with Crippen molar-refractivity contribution in [1.29, 1.82) is 0 Å². The Morgan fingerprint density at radius 1 is 0.455 bits per heavy atom. The van der Waals surface area contributed by atoms with Crippen LogP contribution in [0, 0.1) is 5.41 Å². The van der Waals surface area contributed by atoms with Gasteiger partial charge >= 0.3 is 36.4 Å². The van der Waals surface area contributed by atoms with Crippen molar-refractivity contribution < 1.29 is 86.5 Å². The monoisotopic (exact) mass is 772 g/mol. The van der Waals surface area contributed by atoms with Crippen LogP contribution in [0.25, 0.3) is 0 Å². The molecule has 0 aromatic heterocycles. The zero-order valence-corrected chi connectivity index (χ0v) is 30.4. The predicted octanol–water partition coefficient (Wildman–Crippen LogP) is 6.74. The van der Waals surface area contributed by atoms with Gasteiger partial charge in [-0.15, -0.1) is 0 Å². The van der Waals surface area contributed by atoms with Gasteiger partial charge in [0.15, 0.2) is 0 Å². The van der Waals surface area contributed by atoms with Gasteiger partial charge in [-0.25, -0.2) is 43.7 Å². The zero-order chi connectivity index (χ0) is 40.1. The fraction of sp³-hybridized carbons (Fsp3) is 0.351. The molecule has 0 fully saturated rings. The third-order valence-corrected chi connectivity index (χ3v) is 6.97. The number of ether oxygens (including phenoxy) is 6. The van der Waals surface area contributed by atoms with E-state index >= 15 is 0 Å². The van der Waals surface area contributed by atoms with Crippen LogP contribution in [0.4, 0.5) is 14.4 Å². The summed E-state index contributed by atoms with van der Waals surface area (Å²) in [6.45, 7) is 5.96. The van der Waals surface area contributed by atoms with Gasteiger partial charge in [0.05, 0.1) is 41.9 Å². The van der Waals surface area contributed by atoms with Crippen LogP contribution in [0.1, 0.15) is 71.6 Å². The summed E-state index contributed by atoms with van der Waals surface area (Å²) in [5.41, 5.74) is -1.54. The van der Waals surface area contributed by atoms with E-state index in [9.17, 15) is 28.8 Å². The molecule has 0 aliphatic carbocycles. The minimum absolute atomic E-state index is 0.00306. The largest absolute Gasteiger partial charge is 0.549 e. The van der Waals surface area contributed by atoms with E-state index in [2.05, 4.69) is 29.3 Å². The van der Waals surface area contributed by atoms with Crippen LogP contribution in [0.5, 0.6) is 17.2 Å². The van der Waals surface area contributed by atoms with Crippen molar-refractivity contribution in [2.45, 2.75) is 40.5 Å². The van der Waals surface area contributed by atoms with Crippen LogP contribution in [-0.4, -0.2) is 76.0 Å². The van der Waals surface area contributed by atoms with Gasteiger partial charge in [0, 0.05) is 0 Å². The van der Waals surface area contributed by atoms with Crippen molar-refractivity contribution in [3.05, 3.63) is 89.5 Å². The Morgan fingerprint density at radius 2 is 0.764 bits per heavy atom. The van der Waals surface area contributed by atoms with Crippen LogP contribution in [-0.2, 0) is 43.5 Å². The van der Waals surface area contributed by atoms with Crippen LogP contribution in [0.2, 0.25) is 0 Å². The topological polar surface area (TPSA) is 213 Å². The minimum atomic E-state index is -1.55. The van der Waals surface area contributed by atoms with E-state index in [0.29, 0.717) is 43.5 Å². The molecule has 0 spiro atoms. The number of carbonyl (C=O) groups is 6. The van der Waals surface area contributed by atoms with E-state index < -0.39 is 61.6 Å². The normalized spacial score (nSPS) is 10.5. The Morgan fingerprint density at radius 3 is 1.04 bits per heavy atom. The maximum atomic E-state index is 12.5. The fourth-order valence-corrected chi connectivity index (χ4v) is 4.58. The molecular weight excluding hydrogens is 732 g/mol. The predicted molar refractivity (Wildman–Crippen MR) is 184 cm³/mol. The molecule has 0 unspecified atom stereocenters. The Hall–Kier alpha value is -6.72. The Kier molecular flexibility index (Phi) is 17.4. The summed E-state index contributed by atoms with van der Waals surface area (Å²) in [5, 5.41) is 0. The van der Waals surface area contributed by atoms with Crippen LogP contribution in [0.3, 0.4) is 0 Å². The standard InChI is InChI=1S/C37H40O18/c1-5-18-37(22-47-34(41)53-50-31(38)25-12-9-15-28(19-25)44-6-2,23-48-35(42)54-51-32(39)26-13-10-16-29(20-26)45-7-3)24-49-36(43)55-52-33(40)27-14-11-17-30(21-27)46-8-4/h9-17,19-21H,5-8,18,22-24H2,1-4H3. The van der Waals surface area contributed by atoms with Gasteiger partial charge in [0.1, 0.15) is 37.1 Å². The molecule has 0 aliphatic rings. The first-order valence-electron chi connectivity index (χ1n) is 16.9. The molecule has 0 bridgehead atoms. The van der Waals surface area contributed by atoms with Crippen molar-refractivity contribution in [2.24, 2.45) is 5.41 Å². The molecule has 0 aliphatic heterocycles. The first-order chi connectivity index (χ1) is 26.5. The number of hydrogen-bond acceptors (Lipinski definition) is 18. The van der Waals surface area contributed by atoms with Gasteiger partial charge in [0.2, 0.25) is 0 Å². The molecule has 0 atom stereocenters. The van der Waals surface area contributed by atoms with Gasteiger partial charge in [0.25, 0.3) is 0 Å². The molecule has 18 nitrogen and oxygen atoms in total. The molecule has 0 radical (unpaired) electrons. The lowest BCUT2D eigenvalue weighted by atomic mass is 9.86. The van der Waals surface area contributed by atoms with E-state index in [4.69, 9.17) is 28.4 Å². The summed E-state index contributed by atoms with van der Waals surface area (Å²) < 4.78 is 31.4. The molecule has 18 heteroatoms. The van der Waals surface area contributed by atoms with Crippen molar-refractivity contribution in [2.75, 3.05) is 39.6 Å². The Bertz CT molecular complexity index is 1560. The number of hydrogen-bond donors (Lipinski definition) is 0. The smallest absolute Gasteiger partial charge is 0.494 e. The highest BCUT2D eigenvalue weighted by atomic mass is 17.2. The molecule has 0 saturated heterocycles. The number of carbonyl (C=O) groups excluding carboxylic acids is 6. The molecular formula is C37H40O18. The Labute approximate surface area is 315 Å². The Balaban J connectivity index is 1.64. The van der Waals surface area contributed by atoms with E-state index in [1.165, 1.54) is 54.6 Å². The molecule has 0 amide bonds. The average molecular weight is 773 g/mol. The average Bonchev–Trinajstić information content (AvgIpc) is 3.19. The van der Waals surface area contributed by atoms with Crippen molar-refractivity contribution in [3.8, 4) is 17.2 Å². The second-order valence-electron chi connectivity index (χ2n) is 11.1. The minimum Gasteiger partial charge on any atom is -0.494 e. The van der Waals surface area contributed by atoms with E-state index in [1.807, 2.05) is 0 Å². The molecule has 55 heavy (non-hydrogen) atoms. The lowest BCUT2D eigenvalue weighted by Crippen LogP contribution is -2.40. The summed E-state index contributed by atoms with van der Waals surface area (Å²) in [6, 6.07) is 17.7. The molecule has 0 N–H and O–H groups in total.